The number of carbonyl (C=O) groups is 2. The van der Waals surface area contributed by atoms with Crippen LogP contribution in [0.25, 0.3) is 6.08 Å². The Morgan fingerprint density at radius 3 is 2.44 bits per heavy atom. The zero-order valence-electron chi connectivity index (χ0n) is 18.5. The van der Waals surface area contributed by atoms with Gasteiger partial charge in [-0.2, -0.15) is 0 Å². The van der Waals surface area contributed by atoms with Gasteiger partial charge in [0.05, 0.1) is 30.3 Å². The average molecular weight is 461 g/mol. The van der Waals surface area contributed by atoms with Crippen molar-refractivity contribution in [3.05, 3.63) is 92.7 Å². The van der Waals surface area contributed by atoms with E-state index in [9.17, 15) is 19.7 Å². The topological polar surface area (TPSA) is 114 Å². The van der Waals surface area contributed by atoms with Gasteiger partial charge in [-0.1, -0.05) is 12.1 Å². The van der Waals surface area contributed by atoms with Crippen LogP contribution in [-0.4, -0.2) is 30.9 Å². The third-order valence-corrected chi connectivity index (χ3v) is 5.24. The molecule has 0 N–H and O–H groups in total. The number of nitrogens with zero attached hydrogens (tertiary/aromatic N) is 1. The molecule has 0 unspecified atom stereocenters. The number of fused-ring (bicyclic) bond motifs is 1. The number of Topliss-reactive ketones (excluding diaryl/α,β-unsaturated/α-hetero) is 1. The summed E-state index contributed by atoms with van der Waals surface area (Å²) in [5, 5.41) is 11.0. The van der Waals surface area contributed by atoms with Gasteiger partial charge in [-0.25, -0.2) is 4.79 Å². The lowest BCUT2D eigenvalue weighted by molar-refractivity contribution is -0.384. The van der Waals surface area contributed by atoms with E-state index in [4.69, 9.17) is 18.9 Å². The van der Waals surface area contributed by atoms with Crippen LogP contribution in [0.15, 0.2) is 60.4 Å². The van der Waals surface area contributed by atoms with Crippen LogP contribution in [0.2, 0.25) is 0 Å². The van der Waals surface area contributed by atoms with E-state index in [0.717, 1.165) is 0 Å². The minimum atomic E-state index is -0.624. The standard InChI is InChI=1S/C25H19NO8/c1-14-19(34-25(28)16-7-9-20(31-2)21(13-16)32-3)10-8-18-23(27)22(33-24(14)18)12-15-5-4-6-17(11-15)26(29)30/h4-13H,1-3H3/b22-12-. The highest BCUT2D eigenvalue weighted by Crippen LogP contribution is 2.39. The molecule has 1 aliphatic heterocycles. The van der Waals surface area contributed by atoms with Crippen molar-refractivity contribution >= 4 is 23.5 Å². The van der Waals surface area contributed by atoms with Crippen molar-refractivity contribution in [2.45, 2.75) is 6.92 Å². The Bertz CT molecular complexity index is 1360. The van der Waals surface area contributed by atoms with Crippen molar-refractivity contribution < 1.29 is 33.5 Å². The third kappa shape index (κ3) is 4.18. The number of nitro groups is 1. The number of ether oxygens (including phenoxy) is 4. The number of allylic oxidation sites excluding steroid dienone is 1. The summed E-state index contributed by atoms with van der Waals surface area (Å²) >= 11 is 0. The predicted molar refractivity (Wildman–Crippen MR) is 122 cm³/mol. The lowest BCUT2D eigenvalue weighted by Gasteiger charge is -2.12. The highest BCUT2D eigenvalue weighted by atomic mass is 16.6. The average Bonchev–Trinajstić information content (AvgIpc) is 3.16. The van der Waals surface area contributed by atoms with Gasteiger partial charge in [-0.3, -0.25) is 14.9 Å². The monoisotopic (exact) mass is 461 g/mol. The minimum Gasteiger partial charge on any atom is -0.493 e. The van der Waals surface area contributed by atoms with Gasteiger partial charge in [0.1, 0.15) is 11.5 Å². The highest BCUT2D eigenvalue weighted by molar-refractivity contribution is 6.15. The number of benzene rings is 3. The molecule has 3 aromatic rings. The first kappa shape index (κ1) is 22.5. The smallest absolute Gasteiger partial charge is 0.343 e. The molecule has 1 heterocycles. The SMILES string of the molecule is COc1ccc(C(=O)Oc2ccc3c(c2C)O/C(=C\c2cccc([N+](=O)[O-])c2)C3=O)cc1OC. The summed E-state index contributed by atoms with van der Waals surface area (Å²) in [5.41, 5.74) is 1.36. The van der Waals surface area contributed by atoms with Crippen molar-refractivity contribution in [3.63, 3.8) is 0 Å². The summed E-state index contributed by atoms with van der Waals surface area (Å²) in [6.07, 6.45) is 1.43. The molecule has 0 spiro atoms. The fraction of sp³-hybridized carbons (Fsp3) is 0.120. The molecule has 0 aliphatic carbocycles. The van der Waals surface area contributed by atoms with Crippen LogP contribution in [-0.2, 0) is 0 Å². The van der Waals surface area contributed by atoms with Gasteiger partial charge in [0.15, 0.2) is 17.3 Å². The molecule has 3 aromatic carbocycles. The van der Waals surface area contributed by atoms with Gasteiger partial charge in [0, 0.05) is 17.7 Å². The number of rotatable bonds is 6. The molecule has 9 nitrogen and oxygen atoms in total. The van der Waals surface area contributed by atoms with E-state index in [2.05, 4.69) is 0 Å². The number of ketones is 1. The van der Waals surface area contributed by atoms with Gasteiger partial charge >= 0.3 is 5.97 Å². The molecule has 0 bridgehead atoms. The first-order valence-corrected chi connectivity index (χ1v) is 10.1. The molecule has 9 heteroatoms. The molecule has 0 radical (unpaired) electrons. The first-order valence-electron chi connectivity index (χ1n) is 10.1. The second kappa shape index (κ2) is 9.07. The Morgan fingerprint density at radius 1 is 1.00 bits per heavy atom. The molecular formula is C25H19NO8. The predicted octanol–water partition coefficient (Wildman–Crippen LogP) is 4.76. The van der Waals surface area contributed by atoms with E-state index in [-0.39, 0.29) is 34.3 Å². The molecule has 0 amide bonds. The van der Waals surface area contributed by atoms with E-state index in [0.29, 0.717) is 28.2 Å². The van der Waals surface area contributed by atoms with E-state index >= 15 is 0 Å². The largest absolute Gasteiger partial charge is 0.493 e. The Labute approximate surface area is 194 Å². The summed E-state index contributed by atoms with van der Waals surface area (Å²) in [5.74, 6) is 0.363. The summed E-state index contributed by atoms with van der Waals surface area (Å²) in [6, 6.07) is 13.5. The Balaban J connectivity index is 1.59. The van der Waals surface area contributed by atoms with Crippen LogP contribution in [0.5, 0.6) is 23.0 Å². The van der Waals surface area contributed by atoms with Crippen molar-refractivity contribution in [3.8, 4) is 23.0 Å². The number of esters is 1. The van der Waals surface area contributed by atoms with Gasteiger partial charge < -0.3 is 18.9 Å². The van der Waals surface area contributed by atoms with Gasteiger partial charge in [-0.15, -0.1) is 0 Å². The normalized spacial score (nSPS) is 13.3. The Morgan fingerprint density at radius 2 is 1.74 bits per heavy atom. The molecule has 172 valence electrons. The van der Waals surface area contributed by atoms with Crippen molar-refractivity contribution in [2.75, 3.05) is 14.2 Å². The summed E-state index contributed by atoms with van der Waals surface area (Å²) < 4.78 is 21.7. The van der Waals surface area contributed by atoms with E-state index in [1.807, 2.05) is 0 Å². The second-order valence-electron chi connectivity index (χ2n) is 7.32. The number of hydrogen-bond acceptors (Lipinski definition) is 8. The molecule has 0 fully saturated rings. The molecule has 4 rings (SSSR count). The van der Waals surface area contributed by atoms with E-state index in [1.54, 1.807) is 25.1 Å². The Hall–Kier alpha value is -4.66. The fourth-order valence-corrected chi connectivity index (χ4v) is 3.48. The number of methoxy groups -OCH3 is 2. The summed E-state index contributed by atoms with van der Waals surface area (Å²) in [6.45, 7) is 1.67. The second-order valence-corrected chi connectivity index (χ2v) is 7.32. The number of hydrogen-bond donors (Lipinski definition) is 0. The lowest BCUT2D eigenvalue weighted by atomic mass is 10.1. The number of non-ortho nitro benzene ring substituents is 1. The van der Waals surface area contributed by atoms with Crippen LogP contribution in [0.4, 0.5) is 5.69 Å². The van der Waals surface area contributed by atoms with E-state index in [1.165, 1.54) is 56.7 Å². The maximum Gasteiger partial charge on any atom is 0.343 e. The van der Waals surface area contributed by atoms with E-state index < -0.39 is 10.9 Å². The summed E-state index contributed by atoms with van der Waals surface area (Å²) in [4.78, 5) is 36.0. The molecule has 1 aliphatic rings. The molecule has 34 heavy (non-hydrogen) atoms. The van der Waals surface area contributed by atoms with Crippen molar-refractivity contribution in [2.24, 2.45) is 0 Å². The van der Waals surface area contributed by atoms with Crippen LogP contribution < -0.4 is 18.9 Å². The van der Waals surface area contributed by atoms with Gasteiger partial charge in [-0.05, 0) is 48.9 Å². The van der Waals surface area contributed by atoms with Crippen molar-refractivity contribution in [1.82, 2.24) is 0 Å². The molecule has 0 saturated heterocycles. The molecular weight excluding hydrogens is 442 g/mol. The quantitative estimate of drug-likeness (QED) is 0.170. The van der Waals surface area contributed by atoms with Crippen LogP contribution in [0, 0.1) is 17.0 Å². The number of nitro benzene ring substituents is 1. The Kier molecular flexibility index (Phi) is 6.01. The zero-order valence-corrected chi connectivity index (χ0v) is 18.5. The first-order chi connectivity index (χ1) is 16.3. The number of carbonyl (C=O) groups excluding carboxylic acids is 2. The summed E-state index contributed by atoms with van der Waals surface area (Å²) in [7, 11) is 2.96. The maximum absolute atomic E-state index is 12.8. The molecule has 0 atom stereocenters. The van der Waals surface area contributed by atoms with Gasteiger partial charge in [0.25, 0.3) is 5.69 Å². The highest BCUT2D eigenvalue weighted by Gasteiger charge is 2.31. The molecule has 0 aromatic heterocycles. The maximum atomic E-state index is 12.8. The van der Waals surface area contributed by atoms with Crippen LogP contribution in [0.3, 0.4) is 0 Å². The van der Waals surface area contributed by atoms with Crippen LogP contribution >= 0.6 is 0 Å². The third-order valence-electron chi connectivity index (χ3n) is 5.24. The fourth-order valence-electron chi connectivity index (χ4n) is 3.48. The zero-order chi connectivity index (χ0) is 24.4. The minimum absolute atomic E-state index is 0.0157. The van der Waals surface area contributed by atoms with Gasteiger partial charge in [0.2, 0.25) is 5.78 Å². The van der Waals surface area contributed by atoms with Crippen molar-refractivity contribution in [1.29, 1.82) is 0 Å². The molecule has 0 saturated carbocycles. The van der Waals surface area contributed by atoms with Crippen LogP contribution in [0.1, 0.15) is 31.8 Å². The lowest BCUT2D eigenvalue weighted by Crippen LogP contribution is -2.10.